The zero-order valence-electron chi connectivity index (χ0n) is 16.3. The number of benzene rings is 1. The number of carbonyl (C=O) groups is 2. The quantitative estimate of drug-likeness (QED) is 0.709. The lowest BCUT2D eigenvalue weighted by Gasteiger charge is -2.31. The van der Waals surface area contributed by atoms with Crippen molar-refractivity contribution < 1.29 is 14.3 Å². The molecule has 3 rings (SSSR count). The maximum Gasteiger partial charge on any atom is 0.253 e. The van der Waals surface area contributed by atoms with Crippen LogP contribution in [0.25, 0.3) is 5.69 Å². The van der Waals surface area contributed by atoms with Crippen molar-refractivity contribution in [2.45, 2.75) is 26.2 Å². The van der Waals surface area contributed by atoms with Gasteiger partial charge in [0.05, 0.1) is 5.69 Å². The van der Waals surface area contributed by atoms with Crippen LogP contribution >= 0.6 is 0 Å². The van der Waals surface area contributed by atoms with Crippen LogP contribution in [0.2, 0.25) is 0 Å². The summed E-state index contributed by atoms with van der Waals surface area (Å²) in [5.74, 6) is 0.0908. The van der Waals surface area contributed by atoms with Gasteiger partial charge in [-0.2, -0.15) is 5.10 Å². The Balaban J connectivity index is 1.45. The Morgan fingerprint density at radius 3 is 2.61 bits per heavy atom. The number of nitrogens with zero attached hydrogens (tertiary/aromatic N) is 3. The van der Waals surface area contributed by atoms with Gasteiger partial charge in [0.25, 0.3) is 5.91 Å². The third-order valence-electron chi connectivity index (χ3n) is 5.00. The van der Waals surface area contributed by atoms with Gasteiger partial charge in [0.15, 0.2) is 0 Å². The van der Waals surface area contributed by atoms with Crippen molar-refractivity contribution in [3.05, 3.63) is 48.3 Å². The van der Waals surface area contributed by atoms with E-state index in [9.17, 15) is 9.59 Å². The molecule has 1 aromatic heterocycles. The fraction of sp³-hybridized carbons (Fsp3) is 0.476. The second-order valence-electron chi connectivity index (χ2n) is 6.91. The molecule has 1 fully saturated rings. The molecule has 2 amide bonds. The molecule has 1 saturated heterocycles. The van der Waals surface area contributed by atoms with E-state index < -0.39 is 0 Å². The standard InChI is InChI=1S/C21H28N4O3/c1-2-28-16-4-11-22-20(26)17-9-14-24(15-10-17)21(27)18-5-7-19(8-6-18)25-13-3-12-23-25/h3,5-8,12-13,17H,2,4,9-11,14-16H2,1H3,(H,22,26). The summed E-state index contributed by atoms with van der Waals surface area (Å²) in [6.07, 6.45) is 5.82. The molecule has 7 heteroatoms. The van der Waals surface area contributed by atoms with E-state index in [1.807, 2.05) is 48.4 Å². The van der Waals surface area contributed by atoms with Gasteiger partial charge in [0, 0.05) is 56.7 Å². The lowest BCUT2D eigenvalue weighted by molar-refractivity contribution is -0.126. The van der Waals surface area contributed by atoms with E-state index in [1.54, 1.807) is 10.9 Å². The van der Waals surface area contributed by atoms with Crippen LogP contribution in [0.4, 0.5) is 0 Å². The number of aromatic nitrogens is 2. The van der Waals surface area contributed by atoms with E-state index in [-0.39, 0.29) is 17.7 Å². The first-order chi connectivity index (χ1) is 13.7. The third kappa shape index (κ3) is 5.19. The SMILES string of the molecule is CCOCCCNC(=O)C1CCN(C(=O)c2ccc(-n3cccn3)cc2)CC1. The summed E-state index contributed by atoms with van der Waals surface area (Å²) in [6.45, 7) is 5.19. The average molecular weight is 384 g/mol. The summed E-state index contributed by atoms with van der Waals surface area (Å²) in [6, 6.07) is 9.30. The summed E-state index contributed by atoms with van der Waals surface area (Å²) in [5.41, 5.74) is 1.58. The summed E-state index contributed by atoms with van der Waals surface area (Å²) in [5, 5.41) is 7.16. The van der Waals surface area contributed by atoms with Crippen molar-refractivity contribution in [2.75, 3.05) is 32.8 Å². The van der Waals surface area contributed by atoms with Crippen molar-refractivity contribution in [3.8, 4) is 5.69 Å². The molecule has 7 nitrogen and oxygen atoms in total. The molecule has 1 N–H and O–H groups in total. The van der Waals surface area contributed by atoms with Gasteiger partial charge in [-0.05, 0) is 56.5 Å². The molecule has 2 aromatic rings. The molecule has 0 aliphatic carbocycles. The Morgan fingerprint density at radius 2 is 1.96 bits per heavy atom. The highest BCUT2D eigenvalue weighted by Crippen LogP contribution is 2.20. The van der Waals surface area contributed by atoms with Crippen LogP contribution in [0.3, 0.4) is 0 Å². The first-order valence-corrected chi connectivity index (χ1v) is 9.94. The van der Waals surface area contributed by atoms with Crippen molar-refractivity contribution in [1.82, 2.24) is 20.0 Å². The van der Waals surface area contributed by atoms with Gasteiger partial charge >= 0.3 is 0 Å². The molecule has 0 unspecified atom stereocenters. The van der Waals surface area contributed by atoms with Gasteiger partial charge in [-0.15, -0.1) is 0 Å². The Bertz CT molecular complexity index is 750. The van der Waals surface area contributed by atoms with Crippen LogP contribution in [-0.4, -0.2) is 59.3 Å². The summed E-state index contributed by atoms with van der Waals surface area (Å²) >= 11 is 0. The molecule has 150 valence electrons. The Hall–Kier alpha value is -2.67. The minimum atomic E-state index is -0.0154. The fourth-order valence-electron chi connectivity index (χ4n) is 3.38. The maximum atomic E-state index is 12.7. The fourth-order valence-corrected chi connectivity index (χ4v) is 3.38. The topological polar surface area (TPSA) is 76.5 Å². The third-order valence-corrected chi connectivity index (χ3v) is 5.00. The maximum absolute atomic E-state index is 12.7. The first-order valence-electron chi connectivity index (χ1n) is 9.94. The zero-order chi connectivity index (χ0) is 19.8. The number of rotatable bonds is 8. The number of ether oxygens (including phenoxy) is 1. The van der Waals surface area contributed by atoms with Crippen LogP contribution < -0.4 is 5.32 Å². The van der Waals surface area contributed by atoms with E-state index in [2.05, 4.69) is 10.4 Å². The Kier molecular flexibility index (Phi) is 7.19. The van der Waals surface area contributed by atoms with Crippen LogP contribution in [0, 0.1) is 5.92 Å². The number of likely N-dealkylation sites (tertiary alicyclic amines) is 1. The number of amides is 2. The average Bonchev–Trinajstić information content (AvgIpc) is 3.28. The number of hydrogen-bond acceptors (Lipinski definition) is 4. The van der Waals surface area contributed by atoms with E-state index in [1.165, 1.54) is 0 Å². The van der Waals surface area contributed by atoms with Gasteiger partial charge in [0.2, 0.25) is 5.91 Å². The first kappa shape index (κ1) is 20.1. The number of carbonyl (C=O) groups excluding carboxylic acids is 2. The number of piperidine rings is 1. The minimum absolute atomic E-state index is 0.0154. The summed E-state index contributed by atoms with van der Waals surface area (Å²) in [4.78, 5) is 26.8. The summed E-state index contributed by atoms with van der Waals surface area (Å²) in [7, 11) is 0. The Morgan fingerprint density at radius 1 is 1.21 bits per heavy atom. The lowest BCUT2D eigenvalue weighted by atomic mass is 9.95. The monoisotopic (exact) mass is 384 g/mol. The van der Waals surface area contributed by atoms with E-state index >= 15 is 0 Å². The van der Waals surface area contributed by atoms with Gasteiger partial charge in [0.1, 0.15) is 0 Å². The highest BCUT2D eigenvalue weighted by molar-refractivity contribution is 5.94. The van der Waals surface area contributed by atoms with Crippen molar-refractivity contribution >= 4 is 11.8 Å². The second kappa shape index (κ2) is 10.0. The van der Waals surface area contributed by atoms with E-state index in [0.29, 0.717) is 51.3 Å². The molecule has 0 saturated carbocycles. The number of hydrogen-bond donors (Lipinski definition) is 1. The molecule has 0 atom stereocenters. The van der Waals surface area contributed by atoms with Crippen molar-refractivity contribution in [2.24, 2.45) is 5.92 Å². The summed E-state index contributed by atoms with van der Waals surface area (Å²) < 4.78 is 7.03. The zero-order valence-corrected chi connectivity index (χ0v) is 16.3. The number of nitrogens with one attached hydrogen (secondary N) is 1. The van der Waals surface area contributed by atoms with Crippen LogP contribution in [0.1, 0.15) is 36.5 Å². The molecule has 2 heterocycles. The van der Waals surface area contributed by atoms with E-state index in [4.69, 9.17) is 4.74 Å². The molecular weight excluding hydrogens is 356 g/mol. The molecular formula is C21H28N4O3. The predicted molar refractivity (Wildman–Crippen MR) is 106 cm³/mol. The van der Waals surface area contributed by atoms with Crippen molar-refractivity contribution in [3.63, 3.8) is 0 Å². The molecule has 0 radical (unpaired) electrons. The smallest absolute Gasteiger partial charge is 0.253 e. The van der Waals surface area contributed by atoms with Crippen LogP contribution in [0.5, 0.6) is 0 Å². The van der Waals surface area contributed by atoms with Gasteiger partial charge in [-0.3, -0.25) is 9.59 Å². The highest BCUT2D eigenvalue weighted by atomic mass is 16.5. The highest BCUT2D eigenvalue weighted by Gasteiger charge is 2.27. The van der Waals surface area contributed by atoms with Gasteiger partial charge in [-0.25, -0.2) is 4.68 Å². The van der Waals surface area contributed by atoms with Crippen LogP contribution in [-0.2, 0) is 9.53 Å². The molecule has 1 aromatic carbocycles. The second-order valence-corrected chi connectivity index (χ2v) is 6.91. The van der Waals surface area contributed by atoms with Gasteiger partial charge in [-0.1, -0.05) is 0 Å². The van der Waals surface area contributed by atoms with Crippen molar-refractivity contribution in [1.29, 1.82) is 0 Å². The normalized spacial score (nSPS) is 14.8. The van der Waals surface area contributed by atoms with E-state index in [0.717, 1.165) is 12.1 Å². The molecule has 1 aliphatic heterocycles. The Labute approximate surface area is 165 Å². The molecule has 28 heavy (non-hydrogen) atoms. The molecule has 0 bridgehead atoms. The van der Waals surface area contributed by atoms with Crippen LogP contribution in [0.15, 0.2) is 42.7 Å². The lowest BCUT2D eigenvalue weighted by Crippen LogP contribution is -2.43. The minimum Gasteiger partial charge on any atom is -0.382 e. The largest absolute Gasteiger partial charge is 0.382 e. The molecule has 1 aliphatic rings. The predicted octanol–water partition coefficient (Wildman–Crippen LogP) is 2.27. The van der Waals surface area contributed by atoms with Gasteiger partial charge < -0.3 is 15.0 Å². The molecule has 0 spiro atoms.